The van der Waals surface area contributed by atoms with Gasteiger partial charge in [0.1, 0.15) is 6.04 Å². The molecule has 0 saturated heterocycles. The van der Waals surface area contributed by atoms with Crippen molar-refractivity contribution in [2.24, 2.45) is 5.73 Å². The zero-order valence-electron chi connectivity index (χ0n) is 10.2. The number of hydrogen-bond acceptors (Lipinski definition) is 3. The molecule has 1 aromatic rings. The number of benzene rings is 1. The van der Waals surface area contributed by atoms with Crippen LogP contribution in [0.1, 0.15) is 12.0 Å². The van der Waals surface area contributed by atoms with E-state index in [0.29, 0.717) is 15.6 Å². The van der Waals surface area contributed by atoms with E-state index >= 15 is 0 Å². The van der Waals surface area contributed by atoms with Crippen molar-refractivity contribution in [3.8, 4) is 0 Å². The molecule has 0 radical (unpaired) electrons. The maximum absolute atomic E-state index is 11.7. The van der Waals surface area contributed by atoms with Gasteiger partial charge in [-0.15, -0.1) is 0 Å². The van der Waals surface area contributed by atoms with Crippen LogP contribution in [-0.2, 0) is 20.8 Å². The Morgan fingerprint density at radius 1 is 1.30 bits per heavy atom. The van der Waals surface area contributed by atoms with Crippen LogP contribution in [0.4, 0.5) is 0 Å². The number of primary amides is 1. The van der Waals surface area contributed by atoms with E-state index in [4.69, 9.17) is 34.0 Å². The lowest BCUT2D eigenvalue weighted by Gasteiger charge is -2.13. The van der Waals surface area contributed by atoms with Gasteiger partial charge in [-0.25, -0.2) is 4.79 Å². The number of carbonyl (C=O) groups is 3. The lowest BCUT2D eigenvalue weighted by Crippen LogP contribution is -2.43. The molecule has 0 fully saturated rings. The molecule has 0 heterocycles. The minimum absolute atomic E-state index is 0.126. The molecule has 108 valence electrons. The molecule has 0 aliphatic carbocycles. The van der Waals surface area contributed by atoms with Crippen LogP contribution in [0.2, 0.25) is 10.0 Å². The van der Waals surface area contributed by atoms with Crippen LogP contribution < -0.4 is 11.1 Å². The summed E-state index contributed by atoms with van der Waals surface area (Å²) in [5.74, 6) is -2.73. The van der Waals surface area contributed by atoms with Crippen molar-refractivity contribution in [2.45, 2.75) is 18.9 Å². The molecular formula is C12H12Cl2N2O4. The number of amides is 2. The summed E-state index contributed by atoms with van der Waals surface area (Å²) in [6.45, 7) is 0. The van der Waals surface area contributed by atoms with E-state index in [-0.39, 0.29) is 6.42 Å². The molecule has 0 spiro atoms. The minimum atomic E-state index is -1.36. The fourth-order valence-corrected chi connectivity index (χ4v) is 1.96. The van der Waals surface area contributed by atoms with Gasteiger partial charge in [0.15, 0.2) is 0 Å². The molecule has 6 nitrogen and oxygen atoms in total. The molecule has 0 bridgehead atoms. The molecule has 1 rings (SSSR count). The molecule has 1 unspecified atom stereocenters. The Morgan fingerprint density at radius 2 is 1.95 bits per heavy atom. The van der Waals surface area contributed by atoms with E-state index in [0.717, 1.165) is 0 Å². The predicted octanol–water partition coefficient (Wildman–Crippen LogP) is 0.981. The predicted molar refractivity (Wildman–Crippen MR) is 73.5 cm³/mol. The summed E-state index contributed by atoms with van der Waals surface area (Å²) in [6.07, 6.45) is -0.603. The van der Waals surface area contributed by atoms with Gasteiger partial charge < -0.3 is 16.2 Å². The van der Waals surface area contributed by atoms with Crippen LogP contribution in [0.15, 0.2) is 18.2 Å². The minimum Gasteiger partial charge on any atom is -0.480 e. The first-order valence-corrected chi connectivity index (χ1v) is 6.29. The Balaban J connectivity index is 2.70. The van der Waals surface area contributed by atoms with Gasteiger partial charge in [-0.2, -0.15) is 0 Å². The van der Waals surface area contributed by atoms with Crippen LogP contribution in [-0.4, -0.2) is 28.9 Å². The Morgan fingerprint density at radius 3 is 2.45 bits per heavy atom. The number of rotatable bonds is 6. The third kappa shape index (κ3) is 5.07. The normalized spacial score (nSPS) is 11.7. The fourth-order valence-electron chi connectivity index (χ4n) is 1.48. The van der Waals surface area contributed by atoms with E-state index in [1.54, 1.807) is 12.1 Å². The number of nitrogens with one attached hydrogen (secondary N) is 1. The molecule has 0 aliphatic heterocycles. The molecular weight excluding hydrogens is 307 g/mol. The monoisotopic (exact) mass is 318 g/mol. The maximum atomic E-state index is 11.7. The number of carboxylic acid groups (broad SMARTS) is 1. The molecule has 4 N–H and O–H groups in total. The van der Waals surface area contributed by atoms with Gasteiger partial charge in [0.2, 0.25) is 11.8 Å². The van der Waals surface area contributed by atoms with E-state index in [1.165, 1.54) is 6.07 Å². The fraction of sp³-hybridized carbons (Fsp3) is 0.250. The highest BCUT2D eigenvalue weighted by molar-refractivity contribution is 6.35. The second-order valence-corrected chi connectivity index (χ2v) is 4.88. The lowest BCUT2D eigenvalue weighted by molar-refractivity contribution is -0.143. The van der Waals surface area contributed by atoms with Crippen LogP contribution >= 0.6 is 23.2 Å². The highest BCUT2D eigenvalue weighted by Gasteiger charge is 2.22. The number of carboxylic acids is 1. The van der Waals surface area contributed by atoms with Gasteiger partial charge in [0.25, 0.3) is 0 Å². The third-order valence-electron chi connectivity index (χ3n) is 2.40. The number of carbonyl (C=O) groups excluding carboxylic acids is 2. The highest BCUT2D eigenvalue weighted by atomic mass is 35.5. The Bertz CT molecular complexity index is 548. The zero-order valence-corrected chi connectivity index (χ0v) is 11.7. The summed E-state index contributed by atoms with van der Waals surface area (Å²) >= 11 is 11.6. The topological polar surface area (TPSA) is 109 Å². The molecule has 1 atom stereocenters. The van der Waals surface area contributed by atoms with Gasteiger partial charge >= 0.3 is 5.97 Å². The van der Waals surface area contributed by atoms with E-state index in [2.05, 4.69) is 5.32 Å². The average molecular weight is 319 g/mol. The Kier molecular flexibility index (Phi) is 5.79. The molecule has 1 aromatic carbocycles. The molecule has 2 amide bonds. The van der Waals surface area contributed by atoms with Crippen molar-refractivity contribution in [1.29, 1.82) is 0 Å². The lowest BCUT2D eigenvalue weighted by atomic mass is 10.1. The first kappa shape index (κ1) is 16.3. The van der Waals surface area contributed by atoms with Crippen molar-refractivity contribution in [3.63, 3.8) is 0 Å². The zero-order chi connectivity index (χ0) is 15.3. The second kappa shape index (κ2) is 7.12. The SMILES string of the molecule is NC(=O)CC(NC(=O)Cc1ccc(Cl)cc1Cl)C(=O)O. The average Bonchev–Trinajstić information content (AvgIpc) is 2.31. The first-order chi connectivity index (χ1) is 9.29. The van der Waals surface area contributed by atoms with Crippen molar-refractivity contribution in [3.05, 3.63) is 33.8 Å². The Labute approximate surface area is 124 Å². The third-order valence-corrected chi connectivity index (χ3v) is 2.99. The van der Waals surface area contributed by atoms with Crippen molar-refractivity contribution >= 4 is 41.0 Å². The summed E-state index contributed by atoms with van der Waals surface area (Å²) < 4.78 is 0. The standard InChI is InChI=1S/C12H12Cl2N2O4/c13-7-2-1-6(8(14)4-7)3-11(18)16-9(12(19)20)5-10(15)17/h1-2,4,9H,3,5H2,(H2,15,17)(H,16,18)(H,19,20). The van der Waals surface area contributed by atoms with Crippen molar-refractivity contribution in [2.75, 3.05) is 0 Å². The van der Waals surface area contributed by atoms with Gasteiger partial charge in [-0.3, -0.25) is 9.59 Å². The van der Waals surface area contributed by atoms with Crippen molar-refractivity contribution < 1.29 is 19.5 Å². The molecule has 0 saturated carbocycles. The summed E-state index contributed by atoms with van der Waals surface area (Å²) in [6, 6.07) is 3.25. The van der Waals surface area contributed by atoms with Crippen LogP contribution in [0.5, 0.6) is 0 Å². The van der Waals surface area contributed by atoms with Crippen molar-refractivity contribution in [1.82, 2.24) is 5.32 Å². The van der Waals surface area contributed by atoms with Gasteiger partial charge in [0.05, 0.1) is 12.8 Å². The van der Waals surface area contributed by atoms with E-state index in [9.17, 15) is 14.4 Å². The summed E-state index contributed by atoms with van der Waals surface area (Å²) in [5.41, 5.74) is 5.41. The smallest absolute Gasteiger partial charge is 0.326 e. The number of nitrogens with two attached hydrogens (primary N) is 1. The largest absolute Gasteiger partial charge is 0.480 e. The molecule has 0 aliphatic rings. The second-order valence-electron chi connectivity index (χ2n) is 4.04. The number of hydrogen-bond donors (Lipinski definition) is 3. The summed E-state index contributed by atoms with van der Waals surface area (Å²) in [5, 5.41) is 11.8. The molecule has 8 heteroatoms. The van der Waals surface area contributed by atoms with Crippen LogP contribution in [0.3, 0.4) is 0 Å². The van der Waals surface area contributed by atoms with E-state index < -0.39 is 30.2 Å². The van der Waals surface area contributed by atoms with Gasteiger partial charge in [-0.1, -0.05) is 29.3 Å². The highest BCUT2D eigenvalue weighted by Crippen LogP contribution is 2.21. The van der Waals surface area contributed by atoms with E-state index in [1.807, 2.05) is 0 Å². The summed E-state index contributed by atoms with van der Waals surface area (Å²) in [4.78, 5) is 33.3. The van der Waals surface area contributed by atoms with Gasteiger partial charge in [-0.05, 0) is 17.7 Å². The molecule has 0 aromatic heterocycles. The number of halogens is 2. The van der Waals surface area contributed by atoms with Crippen LogP contribution in [0.25, 0.3) is 0 Å². The summed E-state index contributed by atoms with van der Waals surface area (Å²) in [7, 11) is 0. The molecule has 20 heavy (non-hydrogen) atoms. The maximum Gasteiger partial charge on any atom is 0.326 e. The van der Waals surface area contributed by atoms with Crippen LogP contribution in [0, 0.1) is 0 Å². The Hall–Kier alpha value is -1.79. The first-order valence-electron chi connectivity index (χ1n) is 5.54. The number of aliphatic carboxylic acids is 1. The quantitative estimate of drug-likeness (QED) is 0.726. The van der Waals surface area contributed by atoms with Gasteiger partial charge in [0, 0.05) is 10.0 Å².